The molecular weight excluding hydrogens is 433 g/mol. The Balaban J connectivity index is 0.000000360. The lowest BCUT2D eigenvalue weighted by Gasteiger charge is -2.36. The maximum atomic E-state index is 13.0. The number of fused-ring (bicyclic) bond motifs is 1. The van der Waals surface area contributed by atoms with Crippen LogP contribution in [-0.4, -0.2) is 85.6 Å². The molecule has 8 nitrogen and oxygen atoms in total. The van der Waals surface area contributed by atoms with Gasteiger partial charge in [0.15, 0.2) is 0 Å². The number of rotatable bonds is 4. The minimum atomic E-state index is -5.08. The largest absolute Gasteiger partial charge is 0.490 e. The lowest BCUT2D eigenvalue weighted by atomic mass is 9.82. The van der Waals surface area contributed by atoms with E-state index in [2.05, 4.69) is 24.0 Å². The number of hydrogen-bond acceptors (Lipinski definition) is 6. The fourth-order valence-corrected chi connectivity index (χ4v) is 4.41. The second-order valence-corrected chi connectivity index (χ2v) is 8.22. The van der Waals surface area contributed by atoms with Gasteiger partial charge in [0, 0.05) is 32.6 Å². The zero-order valence-corrected chi connectivity index (χ0v) is 18.0. The van der Waals surface area contributed by atoms with Crippen LogP contribution in [0.25, 0.3) is 0 Å². The van der Waals surface area contributed by atoms with Gasteiger partial charge in [-0.25, -0.2) is 4.79 Å². The van der Waals surface area contributed by atoms with Gasteiger partial charge in [-0.1, -0.05) is 6.92 Å². The van der Waals surface area contributed by atoms with Crippen molar-refractivity contribution < 1.29 is 41.8 Å². The van der Waals surface area contributed by atoms with Crippen molar-refractivity contribution in [3.8, 4) is 0 Å². The second kappa shape index (κ2) is 10.7. The van der Waals surface area contributed by atoms with Crippen molar-refractivity contribution in [3.05, 3.63) is 23.7 Å². The minimum Gasteiger partial charge on any atom is -0.475 e. The van der Waals surface area contributed by atoms with Gasteiger partial charge in [-0.2, -0.15) is 13.2 Å². The molecule has 0 bridgehead atoms. The van der Waals surface area contributed by atoms with E-state index in [-0.39, 0.29) is 11.8 Å². The molecule has 11 heteroatoms. The summed E-state index contributed by atoms with van der Waals surface area (Å²) in [6.45, 7) is 8.92. The molecule has 4 heterocycles. The van der Waals surface area contributed by atoms with Crippen LogP contribution < -0.4 is 0 Å². The lowest BCUT2D eigenvalue weighted by molar-refractivity contribution is -0.192. The van der Waals surface area contributed by atoms with Gasteiger partial charge in [-0.15, -0.1) is 0 Å². The van der Waals surface area contributed by atoms with E-state index in [9.17, 15) is 18.0 Å². The topological polar surface area (TPSA) is 92.5 Å². The number of carbonyl (C=O) groups excluding carboxylic acids is 1. The third kappa shape index (κ3) is 6.23. The van der Waals surface area contributed by atoms with Crippen LogP contribution in [0.4, 0.5) is 13.2 Å². The summed E-state index contributed by atoms with van der Waals surface area (Å²) in [4.78, 5) is 26.2. The van der Waals surface area contributed by atoms with Gasteiger partial charge < -0.3 is 23.9 Å². The van der Waals surface area contributed by atoms with Gasteiger partial charge in [0.1, 0.15) is 11.5 Å². The standard InChI is InChI=1S/C19H28N2O4.C2HF3O2/c1-2-15-3-4-16(25-15)10-20-9-14-12-24-13-18(17(14)11-20)19(22)21-5-7-23-8-6-21;3-2(4,5)1(6)7/h3-4,14,17-18H,2,5-13H2,1H3;(H,6,7)/t14-,17-,18+;/m1./s1. The van der Waals surface area contributed by atoms with Crippen molar-refractivity contribution in [1.29, 1.82) is 0 Å². The van der Waals surface area contributed by atoms with Gasteiger partial charge >= 0.3 is 12.1 Å². The Morgan fingerprint density at radius 3 is 2.34 bits per heavy atom. The average molecular weight is 462 g/mol. The van der Waals surface area contributed by atoms with E-state index in [1.807, 2.05) is 4.90 Å². The van der Waals surface area contributed by atoms with Crippen molar-refractivity contribution in [2.45, 2.75) is 26.1 Å². The number of morpholine rings is 1. The van der Waals surface area contributed by atoms with E-state index in [1.54, 1.807) is 0 Å². The number of hydrogen-bond donors (Lipinski definition) is 1. The van der Waals surface area contributed by atoms with Crippen molar-refractivity contribution >= 4 is 11.9 Å². The van der Waals surface area contributed by atoms with Crippen LogP contribution in [0, 0.1) is 17.8 Å². The summed E-state index contributed by atoms with van der Waals surface area (Å²) in [5.41, 5.74) is 0. The summed E-state index contributed by atoms with van der Waals surface area (Å²) in [6, 6.07) is 4.14. The first-order valence-electron chi connectivity index (χ1n) is 10.7. The molecule has 0 saturated carbocycles. The maximum Gasteiger partial charge on any atom is 0.490 e. The molecule has 3 fully saturated rings. The SMILES string of the molecule is CCc1ccc(CN2C[C@@H]3COC[C@H](C(=O)N4CCOCC4)[C@@H]3C2)o1.O=C(O)C(F)(F)F. The van der Waals surface area contributed by atoms with Crippen LogP contribution in [0.5, 0.6) is 0 Å². The molecule has 0 unspecified atom stereocenters. The molecule has 3 saturated heterocycles. The predicted molar refractivity (Wildman–Crippen MR) is 106 cm³/mol. The van der Waals surface area contributed by atoms with Crippen molar-refractivity contribution in [2.24, 2.45) is 17.8 Å². The fourth-order valence-electron chi connectivity index (χ4n) is 4.41. The van der Waals surface area contributed by atoms with Crippen LogP contribution in [0.1, 0.15) is 18.4 Å². The third-order valence-electron chi connectivity index (χ3n) is 6.04. The van der Waals surface area contributed by atoms with Crippen LogP contribution in [0.15, 0.2) is 16.5 Å². The van der Waals surface area contributed by atoms with Gasteiger partial charge in [0.2, 0.25) is 5.91 Å². The Hall–Kier alpha value is -2.11. The van der Waals surface area contributed by atoms with E-state index in [0.29, 0.717) is 44.7 Å². The number of carbonyl (C=O) groups is 2. The molecule has 32 heavy (non-hydrogen) atoms. The molecule has 180 valence electrons. The van der Waals surface area contributed by atoms with E-state index in [4.69, 9.17) is 23.8 Å². The van der Waals surface area contributed by atoms with E-state index in [1.165, 1.54) is 0 Å². The normalized spacial score (nSPS) is 26.2. The Kier molecular flexibility index (Phi) is 8.18. The number of ether oxygens (including phenoxy) is 2. The van der Waals surface area contributed by atoms with Gasteiger partial charge in [-0.3, -0.25) is 9.69 Å². The number of amides is 1. The van der Waals surface area contributed by atoms with Crippen LogP contribution in [0.3, 0.4) is 0 Å². The number of halogens is 3. The number of furan rings is 1. The Morgan fingerprint density at radius 1 is 1.09 bits per heavy atom. The Morgan fingerprint density at radius 2 is 1.75 bits per heavy atom. The van der Waals surface area contributed by atoms with E-state index in [0.717, 1.165) is 44.2 Å². The minimum absolute atomic E-state index is 0.00958. The van der Waals surface area contributed by atoms with Crippen LogP contribution >= 0.6 is 0 Å². The van der Waals surface area contributed by atoms with Crippen LogP contribution in [0.2, 0.25) is 0 Å². The Bertz CT molecular complexity index is 778. The van der Waals surface area contributed by atoms with Crippen LogP contribution in [-0.2, 0) is 32.0 Å². The highest BCUT2D eigenvalue weighted by Crippen LogP contribution is 2.36. The molecule has 3 aliphatic rings. The summed E-state index contributed by atoms with van der Waals surface area (Å²) in [5.74, 6) is 0.389. The smallest absolute Gasteiger partial charge is 0.475 e. The number of carboxylic acids is 1. The van der Waals surface area contributed by atoms with Crippen molar-refractivity contribution in [1.82, 2.24) is 9.80 Å². The summed E-state index contributed by atoms with van der Waals surface area (Å²) >= 11 is 0. The van der Waals surface area contributed by atoms with E-state index < -0.39 is 12.1 Å². The lowest BCUT2D eigenvalue weighted by Crippen LogP contribution is -2.49. The first kappa shape index (κ1) is 24.5. The summed E-state index contributed by atoms with van der Waals surface area (Å²) < 4.78 is 48.8. The predicted octanol–water partition coefficient (Wildman–Crippen LogP) is 2.03. The molecule has 1 amide bonds. The monoisotopic (exact) mass is 462 g/mol. The van der Waals surface area contributed by atoms with Gasteiger partial charge in [0.25, 0.3) is 0 Å². The molecule has 1 N–H and O–H groups in total. The highest BCUT2D eigenvalue weighted by atomic mass is 19.4. The van der Waals surface area contributed by atoms with Gasteiger partial charge in [-0.05, 0) is 24.0 Å². The number of aliphatic carboxylic acids is 1. The summed E-state index contributed by atoms with van der Waals surface area (Å²) in [6.07, 6.45) is -4.16. The van der Waals surface area contributed by atoms with Crippen molar-refractivity contribution in [2.75, 3.05) is 52.6 Å². The number of carboxylic acid groups (broad SMARTS) is 1. The molecule has 0 radical (unpaired) electrons. The fraction of sp³-hybridized carbons (Fsp3) is 0.714. The molecule has 3 atom stereocenters. The molecule has 0 aliphatic carbocycles. The molecule has 1 aromatic heterocycles. The summed E-state index contributed by atoms with van der Waals surface area (Å²) in [7, 11) is 0. The first-order valence-corrected chi connectivity index (χ1v) is 10.7. The molecule has 0 spiro atoms. The quantitative estimate of drug-likeness (QED) is 0.732. The van der Waals surface area contributed by atoms with Crippen molar-refractivity contribution in [3.63, 3.8) is 0 Å². The zero-order chi connectivity index (χ0) is 23.3. The number of aryl methyl sites for hydroxylation is 1. The number of nitrogens with zero attached hydrogens (tertiary/aromatic N) is 2. The highest BCUT2D eigenvalue weighted by Gasteiger charge is 2.45. The summed E-state index contributed by atoms with van der Waals surface area (Å²) in [5, 5.41) is 7.12. The Labute approximate surface area is 184 Å². The molecule has 1 aromatic rings. The first-order chi connectivity index (χ1) is 15.2. The molecule has 4 rings (SSSR count). The third-order valence-corrected chi connectivity index (χ3v) is 6.04. The highest BCUT2D eigenvalue weighted by molar-refractivity contribution is 5.79. The zero-order valence-electron chi connectivity index (χ0n) is 18.0. The van der Waals surface area contributed by atoms with Gasteiger partial charge in [0.05, 0.1) is 38.9 Å². The van der Waals surface area contributed by atoms with E-state index >= 15 is 0 Å². The molecule has 3 aliphatic heterocycles. The average Bonchev–Trinajstić information content (AvgIpc) is 3.39. The number of alkyl halides is 3. The molecular formula is C21H29F3N2O6. The number of likely N-dealkylation sites (tertiary alicyclic amines) is 1. The molecule has 0 aromatic carbocycles. The maximum absolute atomic E-state index is 13.0. The second-order valence-electron chi connectivity index (χ2n) is 8.22.